The molecule has 4 heteroatoms. The van der Waals surface area contributed by atoms with E-state index in [2.05, 4.69) is 22.5 Å². The highest BCUT2D eigenvalue weighted by Crippen LogP contribution is 2.26. The van der Waals surface area contributed by atoms with Crippen LogP contribution in [-0.4, -0.2) is 30.5 Å². The second-order valence-corrected chi connectivity index (χ2v) is 5.43. The lowest BCUT2D eigenvalue weighted by atomic mass is 9.81. The standard InChI is InChI=1S/C14H21N3O/c1-11-9-12(3-6-16-11)13(18)17-10-14(2)4-7-15-8-5-14/h3,6,9,15H,4-5,7-8,10H2,1-2H3,(H,17,18). The van der Waals surface area contributed by atoms with Crippen molar-refractivity contribution in [2.45, 2.75) is 26.7 Å². The molecule has 1 aromatic heterocycles. The molecule has 0 spiro atoms. The van der Waals surface area contributed by atoms with E-state index < -0.39 is 0 Å². The molecule has 1 saturated heterocycles. The van der Waals surface area contributed by atoms with Crippen molar-refractivity contribution in [3.63, 3.8) is 0 Å². The smallest absolute Gasteiger partial charge is 0.251 e. The quantitative estimate of drug-likeness (QED) is 0.851. The number of aryl methyl sites for hydroxylation is 1. The molecule has 2 heterocycles. The zero-order valence-electron chi connectivity index (χ0n) is 11.1. The number of carbonyl (C=O) groups is 1. The van der Waals surface area contributed by atoms with Crippen molar-refractivity contribution in [3.05, 3.63) is 29.6 Å². The maximum Gasteiger partial charge on any atom is 0.251 e. The monoisotopic (exact) mass is 247 g/mol. The Morgan fingerprint density at radius 2 is 2.22 bits per heavy atom. The number of aromatic nitrogens is 1. The third kappa shape index (κ3) is 3.29. The van der Waals surface area contributed by atoms with Crippen LogP contribution in [0.2, 0.25) is 0 Å². The van der Waals surface area contributed by atoms with Gasteiger partial charge in [-0.05, 0) is 50.4 Å². The molecule has 0 atom stereocenters. The van der Waals surface area contributed by atoms with Crippen LogP contribution in [0.25, 0.3) is 0 Å². The molecule has 1 aliphatic heterocycles. The second-order valence-electron chi connectivity index (χ2n) is 5.43. The summed E-state index contributed by atoms with van der Waals surface area (Å²) in [7, 11) is 0. The fraction of sp³-hybridized carbons (Fsp3) is 0.571. The lowest BCUT2D eigenvalue weighted by molar-refractivity contribution is 0.0922. The van der Waals surface area contributed by atoms with Gasteiger partial charge >= 0.3 is 0 Å². The summed E-state index contributed by atoms with van der Waals surface area (Å²) in [6.07, 6.45) is 3.90. The number of hydrogen-bond acceptors (Lipinski definition) is 3. The first kappa shape index (κ1) is 13.0. The number of nitrogens with zero attached hydrogens (tertiary/aromatic N) is 1. The van der Waals surface area contributed by atoms with Gasteiger partial charge in [0.2, 0.25) is 0 Å². The molecule has 2 rings (SSSR count). The summed E-state index contributed by atoms with van der Waals surface area (Å²) < 4.78 is 0. The molecule has 0 saturated carbocycles. The minimum Gasteiger partial charge on any atom is -0.351 e. The average Bonchev–Trinajstić information content (AvgIpc) is 2.37. The lowest BCUT2D eigenvalue weighted by Gasteiger charge is -2.34. The second kappa shape index (κ2) is 5.48. The van der Waals surface area contributed by atoms with Crippen molar-refractivity contribution in [2.75, 3.05) is 19.6 Å². The van der Waals surface area contributed by atoms with E-state index in [-0.39, 0.29) is 11.3 Å². The van der Waals surface area contributed by atoms with Crippen LogP contribution >= 0.6 is 0 Å². The van der Waals surface area contributed by atoms with Gasteiger partial charge in [0.25, 0.3) is 5.91 Å². The van der Waals surface area contributed by atoms with Crippen molar-refractivity contribution in [2.24, 2.45) is 5.41 Å². The zero-order valence-corrected chi connectivity index (χ0v) is 11.1. The van der Waals surface area contributed by atoms with Crippen molar-refractivity contribution >= 4 is 5.91 Å². The van der Waals surface area contributed by atoms with E-state index in [1.165, 1.54) is 0 Å². The molecule has 0 bridgehead atoms. The van der Waals surface area contributed by atoms with Gasteiger partial charge in [0.1, 0.15) is 0 Å². The van der Waals surface area contributed by atoms with Gasteiger partial charge in [-0.2, -0.15) is 0 Å². The number of hydrogen-bond donors (Lipinski definition) is 2. The number of nitrogens with one attached hydrogen (secondary N) is 2. The molecule has 98 valence electrons. The molecule has 0 aliphatic carbocycles. The highest BCUT2D eigenvalue weighted by molar-refractivity contribution is 5.94. The van der Waals surface area contributed by atoms with Crippen molar-refractivity contribution in [1.82, 2.24) is 15.6 Å². The number of piperidine rings is 1. The van der Waals surface area contributed by atoms with Gasteiger partial charge in [0, 0.05) is 24.0 Å². The average molecular weight is 247 g/mol. The summed E-state index contributed by atoms with van der Waals surface area (Å²) in [5.41, 5.74) is 1.79. The van der Waals surface area contributed by atoms with E-state index in [9.17, 15) is 4.79 Å². The van der Waals surface area contributed by atoms with Crippen LogP contribution in [0.4, 0.5) is 0 Å². The maximum absolute atomic E-state index is 12.0. The maximum atomic E-state index is 12.0. The van der Waals surface area contributed by atoms with Crippen molar-refractivity contribution < 1.29 is 4.79 Å². The fourth-order valence-electron chi connectivity index (χ4n) is 2.29. The molecule has 4 nitrogen and oxygen atoms in total. The van der Waals surface area contributed by atoms with Crippen LogP contribution in [0.15, 0.2) is 18.3 Å². The minimum atomic E-state index is 0.000239. The van der Waals surface area contributed by atoms with Crippen molar-refractivity contribution in [1.29, 1.82) is 0 Å². The van der Waals surface area contributed by atoms with E-state index in [4.69, 9.17) is 0 Å². The van der Waals surface area contributed by atoms with Gasteiger partial charge in [-0.3, -0.25) is 9.78 Å². The molecule has 1 fully saturated rings. The van der Waals surface area contributed by atoms with E-state index in [1.54, 1.807) is 12.3 Å². The highest BCUT2D eigenvalue weighted by Gasteiger charge is 2.27. The molecule has 2 N–H and O–H groups in total. The predicted octanol–water partition coefficient (Wildman–Crippen LogP) is 1.51. The topological polar surface area (TPSA) is 54.0 Å². The third-order valence-electron chi connectivity index (χ3n) is 3.65. The van der Waals surface area contributed by atoms with E-state index in [0.29, 0.717) is 5.56 Å². The van der Waals surface area contributed by atoms with Gasteiger partial charge in [-0.15, -0.1) is 0 Å². The molecule has 1 amide bonds. The first-order valence-corrected chi connectivity index (χ1v) is 6.51. The Hall–Kier alpha value is -1.42. The lowest BCUT2D eigenvalue weighted by Crippen LogP contribution is -2.42. The summed E-state index contributed by atoms with van der Waals surface area (Å²) in [5, 5.41) is 6.39. The van der Waals surface area contributed by atoms with Crippen LogP contribution in [0.5, 0.6) is 0 Å². The normalized spacial score (nSPS) is 18.3. The Labute approximate surface area is 108 Å². The molecule has 1 aliphatic rings. The summed E-state index contributed by atoms with van der Waals surface area (Å²) in [6, 6.07) is 3.58. The molecular formula is C14H21N3O. The molecule has 0 aromatic carbocycles. The first-order chi connectivity index (χ1) is 8.59. The van der Waals surface area contributed by atoms with Crippen LogP contribution in [-0.2, 0) is 0 Å². The number of rotatable bonds is 3. The summed E-state index contributed by atoms with van der Waals surface area (Å²) in [6.45, 7) is 6.97. The van der Waals surface area contributed by atoms with E-state index in [1.807, 2.05) is 13.0 Å². The van der Waals surface area contributed by atoms with Gasteiger partial charge < -0.3 is 10.6 Å². The fourth-order valence-corrected chi connectivity index (χ4v) is 2.29. The number of amides is 1. The molecule has 1 aromatic rings. The summed E-state index contributed by atoms with van der Waals surface area (Å²) in [4.78, 5) is 16.1. The predicted molar refractivity (Wildman–Crippen MR) is 71.5 cm³/mol. The Morgan fingerprint density at radius 3 is 2.89 bits per heavy atom. The van der Waals surface area contributed by atoms with Crippen LogP contribution in [0, 0.1) is 12.3 Å². The summed E-state index contributed by atoms with van der Waals surface area (Å²) >= 11 is 0. The van der Waals surface area contributed by atoms with Gasteiger partial charge in [-0.1, -0.05) is 6.92 Å². The van der Waals surface area contributed by atoms with Gasteiger partial charge in [-0.25, -0.2) is 0 Å². The van der Waals surface area contributed by atoms with Gasteiger partial charge in [0.15, 0.2) is 0 Å². The SMILES string of the molecule is Cc1cc(C(=O)NCC2(C)CCNCC2)ccn1. The number of pyridine rings is 1. The third-order valence-corrected chi connectivity index (χ3v) is 3.65. The van der Waals surface area contributed by atoms with E-state index >= 15 is 0 Å². The Morgan fingerprint density at radius 1 is 1.50 bits per heavy atom. The largest absolute Gasteiger partial charge is 0.351 e. The Balaban J connectivity index is 1.92. The van der Waals surface area contributed by atoms with Crippen molar-refractivity contribution in [3.8, 4) is 0 Å². The zero-order chi connectivity index (χ0) is 13.0. The van der Waals surface area contributed by atoms with Gasteiger partial charge in [0.05, 0.1) is 0 Å². The minimum absolute atomic E-state index is 0.000239. The Bertz CT molecular complexity index is 425. The first-order valence-electron chi connectivity index (χ1n) is 6.51. The summed E-state index contributed by atoms with van der Waals surface area (Å²) in [5.74, 6) is 0.000239. The molecule has 0 unspecified atom stereocenters. The molecular weight excluding hydrogens is 226 g/mol. The highest BCUT2D eigenvalue weighted by atomic mass is 16.1. The Kier molecular flexibility index (Phi) is 3.97. The molecule has 0 radical (unpaired) electrons. The van der Waals surface area contributed by atoms with Crippen LogP contribution in [0.1, 0.15) is 35.8 Å². The van der Waals surface area contributed by atoms with Crippen LogP contribution in [0.3, 0.4) is 0 Å². The molecule has 18 heavy (non-hydrogen) atoms. The van der Waals surface area contributed by atoms with Crippen LogP contribution < -0.4 is 10.6 Å². The van der Waals surface area contributed by atoms with E-state index in [0.717, 1.165) is 38.2 Å². The number of carbonyl (C=O) groups excluding carboxylic acids is 1.